The monoisotopic (exact) mass is 283 g/mol. The highest BCUT2D eigenvalue weighted by Crippen LogP contribution is 2.18. The van der Waals surface area contributed by atoms with Gasteiger partial charge in [0.15, 0.2) is 5.60 Å². The minimum Gasteiger partial charge on any atom is -0.363 e. The molecule has 2 fully saturated rings. The Kier molecular flexibility index (Phi) is 4.99. The van der Waals surface area contributed by atoms with E-state index in [4.69, 9.17) is 4.74 Å². The standard InChI is InChI=1S/C14H25N3O3/c1-14(13(19)15-2)11-16(8-9-20-14)10-12(18)17-6-4-3-5-7-17/h3-11H2,1-2H3,(H,15,19). The lowest BCUT2D eigenvalue weighted by Crippen LogP contribution is -2.59. The van der Waals surface area contributed by atoms with Crippen LogP contribution < -0.4 is 5.32 Å². The van der Waals surface area contributed by atoms with Gasteiger partial charge in [0, 0.05) is 33.2 Å². The number of rotatable bonds is 3. The van der Waals surface area contributed by atoms with Crippen molar-refractivity contribution in [1.29, 1.82) is 0 Å². The van der Waals surface area contributed by atoms with Gasteiger partial charge in [-0.05, 0) is 26.2 Å². The SMILES string of the molecule is CNC(=O)C1(C)CN(CC(=O)N2CCCCC2)CCO1. The summed E-state index contributed by atoms with van der Waals surface area (Å²) in [7, 11) is 1.61. The highest BCUT2D eigenvalue weighted by molar-refractivity contribution is 5.85. The van der Waals surface area contributed by atoms with Crippen LogP contribution in [0.15, 0.2) is 0 Å². The van der Waals surface area contributed by atoms with E-state index in [1.165, 1.54) is 6.42 Å². The summed E-state index contributed by atoms with van der Waals surface area (Å²) in [5.74, 6) is 0.0403. The first kappa shape index (κ1) is 15.3. The molecular weight excluding hydrogens is 258 g/mol. The molecule has 0 spiro atoms. The third-order valence-electron chi connectivity index (χ3n) is 4.13. The predicted octanol–water partition coefficient (Wildman–Crippen LogP) is -0.164. The van der Waals surface area contributed by atoms with Gasteiger partial charge in [-0.3, -0.25) is 14.5 Å². The minimum atomic E-state index is -0.852. The lowest BCUT2D eigenvalue weighted by Gasteiger charge is -2.39. The van der Waals surface area contributed by atoms with Gasteiger partial charge in [-0.1, -0.05) is 0 Å². The summed E-state index contributed by atoms with van der Waals surface area (Å²) in [6, 6.07) is 0. The first-order chi connectivity index (χ1) is 9.55. The highest BCUT2D eigenvalue weighted by Gasteiger charge is 2.39. The van der Waals surface area contributed by atoms with Crippen molar-refractivity contribution in [3.63, 3.8) is 0 Å². The van der Waals surface area contributed by atoms with E-state index in [0.29, 0.717) is 26.2 Å². The minimum absolute atomic E-state index is 0.132. The summed E-state index contributed by atoms with van der Waals surface area (Å²) in [5.41, 5.74) is -0.852. The number of carbonyl (C=O) groups excluding carboxylic acids is 2. The molecule has 0 aromatic carbocycles. The topological polar surface area (TPSA) is 61.9 Å². The van der Waals surface area contributed by atoms with Crippen molar-refractivity contribution >= 4 is 11.8 Å². The summed E-state index contributed by atoms with van der Waals surface area (Å²) in [4.78, 5) is 28.1. The van der Waals surface area contributed by atoms with Crippen LogP contribution in [0.2, 0.25) is 0 Å². The van der Waals surface area contributed by atoms with Crippen molar-refractivity contribution in [2.75, 3.05) is 46.4 Å². The van der Waals surface area contributed by atoms with Gasteiger partial charge in [-0.25, -0.2) is 0 Å². The van der Waals surface area contributed by atoms with E-state index in [1.807, 2.05) is 9.80 Å². The summed E-state index contributed by atoms with van der Waals surface area (Å²) in [5, 5.41) is 2.63. The first-order valence-corrected chi connectivity index (χ1v) is 7.41. The lowest BCUT2D eigenvalue weighted by atomic mass is 10.0. The molecule has 0 aromatic rings. The zero-order valence-corrected chi connectivity index (χ0v) is 12.5. The van der Waals surface area contributed by atoms with Gasteiger partial charge in [-0.2, -0.15) is 0 Å². The third kappa shape index (κ3) is 3.49. The van der Waals surface area contributed by atoms with Crippen LogP contribution in [0.1, 0.15) is 26.2 Å². The number of amides is 2. The fourth-order valence-corrected chi connectivity index (χ4v) is 2.92. The molecule has 1 N–H and O–H groups in total. The van der Waals surface area contributed by atoms with Crippen LogP contribution in [0, 0.1) is 0 Å². The fourth-order valence-electron chi connectivity index (χ4n) is 2.92. The van der Waals surface area contributed by atoms with E-state index in [2.05, 4.69) is 5.32 Å². The average molecular weight is 283 g/mol. The summed E-state index contributed by atoms with van der Waals surface area (Å²) < 4.78 is 5.60. The average Bonchev–Trinajstić information content (AvgIpc) is 2.47. The number of ether oxygens (including phenoxy) is 1. The second kappa shape index (κ2) is 6.54. The number of hydrogen-bond donors (Lipinski definition) is 1. The molecule has 2 rings (SSSR count). The second-order valence-electron chi connectivity index (χ2n) is 5.81. The van der Waals surface area contributed by atoms with E-state index in [0.717, 1.165) is 25.9 Å². The number of morpholine rings is 1. The smallest absolute Gasteiger partial charge is 0.253 e. The lowest BCUT2D eigenvalue weighted by molar-refractivity contribution is -0.158. The van der Waals surface area contributed by atoms with Crippen LogP contribution in [0.3, 0.4) is 0 Å². The summed E-state index contributed by atoms with van der Waals surface area (Å²) >= 11 is 0. The normalized spacial score (nSPS) is 28.2. The summed E-state index contributed by atoms with van der Waals surface area (Å²) in [6.45, 7) is 5.56. The van der Waals surface area contributed by atoms with Crippen LogP contribution >= 0.6 is 0 Å². The number of likely N-dealkylation sites (N-methyl/N-ethyl adjacent to an activating group) is 1. The molecule has 2 aliphatic heterocycles. The predicted molar refractivity (Wildman–Crippen MR) is 75.3 cm³/mol. The zero-order valence-electron chi connectivity index (χ0n) is 12.5. The zero-order chi connectivity index (χ0) is 14.6. The van der Waals surface area contributed by atoms with Crippen LogP contribution in [0.4, 0.5) is 0 Å². The maximum atomic E-state index is 12.3. The maximum Gasteiger partial charge on any atom is 0.253 e. The Morgan fingerprint density at radius 3 is 2.55 bits per heavy atom. The van der Waals surface area contributed by atoms with Gasteiger partial charge in [0.05, 0.1) is 13.2 Å². The molecule has 0 radical (unpaired) electrons. The Bertz CT molecular complexity index is 369. The van der Waals surface area contributed by atoms with Gasteiger partial charge < -0.3 is 15.0 Å². The Labute approximate surface area is 120 Å². The summed E-state index contributed by atoms with van der Waals surface area (Å²) in [6.07, 6.45) is 3.42. The first-order valence-electron chi connectivity index (χ1n) is 7.41. The van der Waals surface area contributed by atoms with Gasteiger partial charge in [0.1, 0.15) is 0 Å². The van der Waals surface area contributed by atoms with Gasteiger partial charge in [-0.15, -0.1) is 0 Å². The highest BCUT2D eigenvalue weighted by atomic mass is 16.5. The molecule has 2 aliphatic rings. The van der Waals surface area contributed by atoms with Crippen LogP contribution in [0.25, 0.3) is 0 Å². The molecule has 2 amide bonds. The van der Waals surface area contributed by atoms with E-state index in [9.17, 15) is 9.59 Å². The number of likely N-dealkylation sites (tertiary alicyclic amines) is 1. The van der Waals surface area contributed by atoms with E-state index in [1.54, 1.807) is 14.0 Å². The number of hydrogen-bond acceptors (Lipinski definition) is 4. The molecule has 0 aliphatic carbocycles. The van der Waals surface area contributed by atoms with Crippen LogP contribution in [0.5, 0.6) is 0 Å². The molecule has 0 aromatic heterocycles. The largest absolute Gasteiger partial charge is 0.363 e. The molecule has 6 heteroatoms. The number of carbonyl (C=O) groups is 2. The Morgan fingerprint density at radius 1 is 1.20 bits per heavy atom. The third-order valence-corrected chi connectivity index (χ3v) is 4.13. The Morgan fingerprint density at radius 2 is 1.90 bits per heavy atom. The van der Waals surface area contributed by atoms with Gasteiger partial charge in [0.25, 0.3) is 5.91 Å². The maximum absolute atomic E-state index is 12.3. The van der Waals surface area contributed by atoms with Crippen molar-refractivity contribution in [3.8, 4) is 0 Å². The number of piperidine rings is 1. The van der Waals surface area contributed by atoms with Crippen molar-refractivity contribution in [1.82, 2.24) is 15.1 Å². The fraction of sp³-hybridized carbons (Fsp3) is 0.857. The number of nitrogens with zero attached hydrogens (tertiary/aromatic N) is 2. The molecule has 20 heavy (non-hydrogen) atoms. The van der Waals surface area contributed by atoms with Gasteiger partial charge >= 0.3 is 0 Å². The molecule has 6 nitrogen and oxygen atoms in total. The van der Waals surface area contributed by atoms with E-state index in [-0.39, 0.29) is 11.8 Å². The molecule has 1 unspecified atom stereocenters. The molecule has 0 bridgehead atoms. The molecule has 2 saturated heterocycles. The van der Waals surface area contributed by atoms with Crippen molar-refractivity contribution < 1.29 is 14.3 Å². The van der Waals surface area contributed by atoms with Gasteiger partial charge in [0.2, 0.25) is 5.91 Å². The molecule has 114 valence electrons. The molecule has 1 atom stereocenters. The Balaban J connectivity index is 1.89. The molecule has 0 saturated carbocycles. The van der Waals surface area contributed by atoms with Crippen molar-refractivity contribution in [2.45, 2.75) is 31.8 Å². The molecule has 2 heterocycles. The quantitative estimate of drug-likeness (QED) is 0.781. The van der Waals surface area contributed by atoms with Crippen molar-refractivity contribution in [2.24, 2.45) is 0 Å². The van der Waals surface area contributed by atoms with Crippen LogP contribution in [-0.4, -0.2) is 73.6 Å². The second-order valence-corrected chi connectivity index (χ2v) is 5.81. The Hall–Kier alpha value is -1.14. The number of nitrogens with one attached hydrogen (secondary N) is 1. The van der Waals surface area contributed by atoms with Crippen LogP contribution in [-0.2, 0) is 14.3 Å². The van der Waals surface area contributed by atoms with Crippen molar-refractivity contribution in [3.05, 3.63) is 0 Å². The molecular formula is C14H25N3O3. The van der Waals surface area contributed by atoms with E-state index < -0.39 is 5.60 Å². The van der Waals surface area contributed by atoms with E-state index >= 15 is 0 Å².